The van der Waals surface area contributed by atoms with Crippen LogP contribution in [0.3, 0.4) is 0 Å². The molecule has 0 aliphatic carbocycles. The SMILES string of the molecule is COc1ccc(-n2ccnc(NCc3ccccc3OC)c2=O)cc1Cl. The predicted molar refractivity (Wildman–Crippen MR) is 102 cm³/mol. The summed E-state index contributed by atoms with van der Waals surface area (Å²) in [6.07, 6.45) is 3.15. The van der Waals surface area contributed by atoms with Gasteiger partial charge in [-0.2, -0.15) is 0 Å². The number of anilines is 1. The van der Waals surface area contributed by atoms with Crippen molar-refractivity contribution < 1.29 is 9.47 Å². The summed E-state index contributed by atoms with van der Waals surface area (Å²) in [5.41, 5.74) is 1.28. The van der Waals surface area contributed by atoms with Gasteiger partial charge in [-0.1, -0.05) is 29.8 Å². The average Bonchev–Trinajstić information content (AvgIpc) is 2.67. The minimum absolute atomic E-state index is 0.241. The summed E-state index contributed by atoms with van der Waals surface area (Å²) in [5, 5.41) is 3.50. The van der Waals surface area contributed by atoms with Gasteiger partial charge in [0.05, 0.1) is 24.9 Å². The summed E-state index contributed by atoms with van der Waals surface area (Å²) in [6.45, 7) is 0.416. The van der Waals surface area contributed by atoms with Gasteiger partial charge in [0, 0.05) is 24.5 Å². The van der Waals surface area contributed by atoms with E-state index in [1.54, 1.807) is 44.8 Å². The monoisotopic (exact) mass is 371 g/mol. The lowest BCUT2D eigenvalue weighted by Crippen LogP contribution is -2.23. The highest BCUT2D eigenvalue weighted by Gasteiger charge is 2.10. The Morgan fingerprint density at radius 1 is 1.12 bits per heavy atom. The van der Waals surface area contributed by atoms with Crippen molar-refractivity contribution in [1.29, 1.82) is 0 Å². The molecule has 1 aromatic heterocycles. The van der Waals surface area contributed by atoms with Gasteiger partial charge in [0.2, 0.25) is 0 Å². The first kappa shape index (κ1) is 17.8. The van der Waals surface area contributed by atoms with Gasteiger partial charge >= 0.3 is 0 Å². The molecule has 0 radical (unpaired) electrons. The first-order valence-corrected chi connectivity index (χ1v) is 8.29. The molecule has 0 atom stereocenters. The molecule has 7 heteroatoms. The second kappa shape index (κ2) is 7.93. The number of nitrogens with zero attached hydrogens (tertiary/aromatic N) is 2. The van der Waals surface area contributed by atoms with Crippen molar-refractivity contribution in [2.75, 3.05) is 19.5 Å². The third kappa shape index (κ3) is 3.65. The van der Waals surface area contributed by atoms with Gasteiger partial charge in [0.15, 0.2) is 5.82 Å². The molecule has 3 aromatic rings. The van der Waals surface area contributed by atoms with Crippen molar-refractivity contribution in [2.24, 2.45) is 0 Å². The average molecular weight is 372 g/mol. The molecule has 0 saturated heterocycles. The Balaban J connectivity index is 1.88. The van der Waals surface area contributed by atoms with Crippen LogP contribution in [0.2, 0.25) is 5.02 Å². The maximum Gasteiger partial charge on any atom is 0.297 e. The zero-order valence-corrected chi connectivity index (χ0v) is 15.2. The molecule has 2 aromatic carbocycles. The molecule has 0 spiro atoms. The van der Waals surface area contributed by atoms with E-state index in [0.717, 1.165) is 11.3 Å². The molecule has 0 fully saturated rings. The van der Waals surface area contributed by atoms with Crippen LogP contribution in [0.1, 0.15) is 5.56 Å². The summed E-state index contributed by atoms with van der Waals surface area (Å²) < 4.78 is 11.9. The zero-order valence-electron chi connectivity index (χ0n) is 14.4. The van der Waals surface area contributed by atoms with Crippen molar-refractivity contribution >= 4 is 17.4 Å². The molecular formula is C19H18ClN3O3. The second-order valence-corrected chi connectivity index (χ2v) is 5.84. The Morgan fingerprint density at radius 3 is 2.62 bits per heavy atom. The lowest BCUT2D eigenvalue weighted by Gasteiger charge is -2.12. The molecule has 0 aliphatic rings. The van der Waals surface area contributed by atoms with Crippen LogP contribution in [0, 0.1) is 0 Å². The van der Waals surface area contributed by atoms with Gasteiger partial charge in [-0.15, -0.1) is 0 Å². The Morgan fingerprint density at radius 2 is 1.88 bits per heavy atom. The Labute approximate surface area is 156 Å². The molecule has 0 bridgehead atoms. The topological polar surface area (TPSA) is 65.4 Å². The van der Waals surface area contributed by atoms with Gasteiger partial charge in [0.25, 0.3) is 5.56 Å². The largest absolute Gasteiger partial charge is 0.496 e. The molecule has 0 unspecified atom stereocenters. The fourth-order valence-electron chi connectivity index (χ4n) is 2.57. The molecule has 6 nitrogen and oxygen atoms in total. The summed E-state index contributed by atoms with van der Waals surface area (Å²) in [6, 6.07) is 12.7. The highest BCUT2D eigenvalue weighted by molar-refractivity contribution is 6.32. The quantitative estimate of drug-likeness (QED) is 0.718. The van der Waals surface area contributed by atoms with E-state index >= 15 is 0 Å². The summed E-state index contributed by atoms with van der Waals surface area (Å²) >= 11 is 6.16. The summed E-state index contributed by atoms with van der Waals surface area (Å²) in [5.74, 6) is 1.54. The minimum atomic E-state index is -0.274. The van der Waals surface area contributed by atoms with E-state index < -0.39 is 0 Å². The van der Waals surface area contributed by atoms with Gasteiger partial charge < -0.3 is 14.8 Å². The molecule has 26 heavy (non-hydrogen) atoms. The second-order valence-electron chi connectivity index (χ2n) is 5.44. The molecule has 0 saturated carbocycles. The summed E-state index contributed by atoms with van der Waals surface area (Å²) in [4.78, 5) is 16.9. The zero-order chi connectivity index (χ0) is 18.5. The smallest absolute Gasteiger partial charge is 0.297 e. The number of hydrogen-bond acceptors (Lipinski definition) is 5. The number of ether oxygens (including phenoxy) is 2. The van der Waals surface area contributed by atoms with E-state index in [9.17, 15) is 4.79 Å². The third-order valence-electron chi connectivity index (χ3n) is 3.89. The van der Waals surface area contributed by atoms with Gasteiger partial charge in [-0.3, -0.25) is 9.36 Å². The number of benzene rings is 2. The van der Waals surface area contributed by atoms with Crippen LogP contribution >= 0.6 is 11.6 Å². The highest BCUT2D eigenvalue weighted by Crippen LogP contribution is 2.26. The maximum atomic E-state index is 12.7. The first-order valence-electron chi connectivity index (χ1n) is 7.91. The van der Waals surface area contributed by atoms with E-state index in [-0.39, 0.29) is 11.4 Å². The van der Waals surface area contributed by atoms with E-state index in [1.807, 2.05) is 24.3 Å². The van der Waals surface area contributed by atoms with E-state index in [1.165, 1.54) is 4.57 Å². The van der Waals surface area contributed by atoms with E-state index in [2.05, 4.69) is 10.3 Å². The maximum absolute atomic E-state index is 12.7. The number of halogens is 1. The predicted octanol–water partition coefficient (Wildman–Crippen LogP) is 3.52. The third-order valence-corrected chi connectivity index (χ3v) is 4.19. The lowest BCUT2D eigenvalue weighted by atomic mass is 10.2. The van der Waals surface area contributed by atoms with Gasteiger partial charge in [-0.25, -0.2) is 4.98 Å². The lowest BCUT2D eigenvalue weighted by molar-refractivity contribution is 0.410. The number of hydrogen-bond donors (Lipinski definition) is 1. The molecule has 0 aliphatic heterocycles. The molecule has 3 rings (SSSR count). The van der Waals surface area contributed by atoms with Crippen molar-refractivity contribution in [3.05, 3.63) is 75.8 Å². The van der Waals surface area contributed by atoms with Crippen LogP contribution in [0.4, 0.5) is 5.82 Å². The Kier molecular flexibility index (Phi) is 5.43. The summed E-state index contributed by atoms with van der Waals surface area (Å²) in [7, 11) is 3.15. The fourth-order valence-corrected chi connectivity index (χ4v) is 2.82. The van der Waals surface area contributed by atoms with Crippen LogP contribution in [-0.4, -0.2) is 23.8 Å². The van der Waals surface area contributed by atoms with Crippen LogP contribution in [0.15, 0.2) is 59.7 Å². The van der Waals surface area contributed by atoms with Crippen LogP contribution in [-0.2, 0) is 6.54 Å². The Bertz CT molecular complexity index is 972. The molecular weight excluding hydrogens is 354 g/mol. The number of aromatic nitrogens is 2. The van der Waals surface area contributed by atoms with Crippen molar-refractivity contribution in [3.63, 3.8) is 0 Å². The number of para-hydroxylation sites is 1. The number of rotatable bonds is 6. The van der Waals surface area contributed by atoms with Crippen molar-refractivity contribution in [3.8, 4) is 17.2 Å². The fraction of sp³-hybridized carbons (Fsp3) is 0.158. The molecule has 0 amide bonds. The number of nitrogens with one attached hydrogen (secondary N) is 1. The van der Waals surface area contributed by atoms with Crippen molar-refractivity contribution in [2.45, 2.75) is 6.54 Å². The normalized spacial score (nSPS) is 10.4. The van der Waals surface area contributed by atoms with Crippen LogP contribution < -0.4 is 20.3 Å². The standard InChI is InChI=1S/C19H18ClN3O3/c1-25-16-6-4-3-5-13(16)12-22-18-19(24)23(10-9-21-18)14-7-8-17(26-2)15(20)11-14/h3-11H,12H2,1-2H3,(H,21,22). The highest BCUT2D eigenvalue weighted by atomic mass is 35.5. The van der Waals surface area contributed by atoms with Gasteiger partial charge in [0.1, 0.15) is 11.5 Å². The molecule has 1 N–H and O–H groups in total. The van der Waals surface area contributed by atoms with Crippen molar-refractivity contribution in [1.82, 2.24) is 9.55 Å². The molecule has 1 heterocycles. The molecule has 134 valence electrons. The number of methoxy groups -OCH3 is 2. The van der Waals surface area contributed by atoms with E-state index in [0.29, 0.717) is 23.0 Å². The van der Waals surface area contributed by atoms with Crippen LogP contribution in [0.5, 0.6) is 11.5 Å². The Hall–Kier alpha value is -2.99. The minimum Gasteiger partial charge on any atom is -0.496 e. The van der Waals surface area contributed by atoms with Gasteiger partial charge in [-0.05, 0) is 24.3 Å². The van der Waals surface area contributed by atoms with E-state index in [4.69, 9.17) is 21.1 Å². The first-order chi connectivity index (χ1) is 12.6. The van der Waals surface area contributed by atoms with Crippen LogP contribution in [0.25, 0.3) is 5.69 Å².